The van der Waals surface area contributed by atoms with Crippen LogP contribution in [0.5, 0.6) is 0 Å². The Labute approximate surface area is 98.6 Å². The summed E-state index contributed by atoms with van der Waals surface area (Å²) in [6.45, 7) is 1.73. The van der Waals surface area contributed by atoms with Crippen molar-refractivity contribution in [2.45, 2.75) is 44.1 Å². The van der Waals surface area contributed by atoms with Crippen molar-refractivity contribution in [1.82, 2.24) is 10.2 Å². The highest BCUT2D eigenvalue weighted by Crippen LogP contribution is 2.27. The molecule has 1 saturated carbocycles. The van der Waals surface area contributed by atoms with Crippen LogP contribution in [0.1, 0.15) is 38.5 Å². The van der Waals surface area contributed by atoms with E-state index in [1.165, 1.54) is 6.42 Å². The first-order valence-corrected chi connectivity index (χ1v) is 6.29. The number of hydrogen-bond acceptors (Lipinski definition) is 3. The van der Waals surface area contributed by atoms with E-state index in [-0.39, 0.29) is 5.91 Å². The van der Waals surface area contributed by atoms with Crippen LogP contribution in [0.25, 0.3) is 0 Å². The third kappa shape index (κ3) is 3.46. The number of nitrogens with two attached hydrogens (primary N) is 1. The molecule has 16 heavy (non-hydrogen) atoms. The van der Waals surface area contributed by atoms with Crippen LogP contribution >= 0.6 is 0 Å². The summed E-state index contributed by atoms with van der Waals surface area (Å²) in [6, 6.07) is 0. The largest absolute Gasteiger partial charge is 0.344 e. The van der Waals surface area contributed by atoms with Crippen LogP contribution in [0.15, 0.2) is 0 Å². The molecule has 1 aliphatic rings. The second-order valence-corrected chi connectivity index (χ2v) is 4.90. The average molecular weight is 227 g/mol. The zero-order chi connectivity index (χ0) is 12.0. The molecule has 3 N–H and O–H groups in total. The first kappa shape index (κ1) is 13.5. The van der Waals surface area contributed by atoms with Crippen molar-refractivity contribution < 1.29 is 4.79 Å². The number of nitrogens with one attached hydrogen (secondary N) is 1. The molecular formula is C12H25N3O. The van der Waals surface area contributed by atoms with Gasteiger partial charge in [0.1, 0.15) is 0 Å². The highest BCUT2D eigenvalue weighted by molar-refractivity contribution is 5.86. The number of likely N-dealkylation sites (N-methyl/N-ethyl adjacent to an activating group) is 1. The number of hydrogen-bond donors (Lipinski definition) is 2. The fourth-order valence-electron chi connectivity index (χ4n) is 2.37. The summed E-state index contributed by atoms with van der Waals surface area (Å²) in [5.41, 5.74) is 5.62. The Kier molecular flexibility index (Phi) is 5.22. The number of amides is 1. The van der Waals surface area contributed by atoms with Crippen molar-refractivity contribution in [3.63, 3.8) is 0 Å². The molecule has 0 aromatic rings. The molecule has 4 heteroatoms. The standard InChI is InChI=1S/C12H25N3O/c1-14-9-6-10-15(2)11(16)12(13)7-4-3-5-8-12/h14H,3-10,13H2,1-2H3. The summed E-state index contributed by atoms with van der Waals surface area (Å²) in [4.78, 5) is 14.0. The number of nitrogens with zero attached hydrogens (tertiary/aromatic N) is 1. The Hall–Kier alpha value is -0.610. The Morgan fingerprint density at radius 3 is 2.56 bits per heavy atom. The van der Waals surface area contributed by atoms with Crippen LogP contribution in [0, 0.1) is 0 Å². The Morgan fingerprint density at radius 1 is 1.38 bits per heavy atom. The molecule has 0 bridgehead atoms. The quantitative estimate of drug-likeness (QED) is 0.680. The summed E-state index contributed by atoms with van der Waals surface area (Å²) in [6.07, 6.45) is 6.08. The number of carbonyl (C=O) groups is 1. The Bertz CT molecular complexity index is 224. The minimum absolute atomic E-state index is 0.128. The van der Waals surface area contributed by atoms with E-state index >= 15 is 0 Å². The third-order valence-electron chi connectivity index (χ3n) is 3.44. The summed E-state index contributed by atoms with van der Waals surface area (Å²) in [5, 5.41) is 3.08. The summed E-state index contributed by atoms with van der Waals surface area (Å²) < 4.78 is 0. The van der Waals surface area contributed by atoms with E-state index < -0.39 is 5.54 Å². The maximum Gasteiger partial charge on any atom is 0.242 e. The van der Waals surface area contributed by atoms with Crippen LogP contribution in [-0.2, 0) is 4.79 Å². The van der Waals surface area contributed by atoms with Gasteiger partial charge in [0.05, 0.1) is 5.54 Å². The highest BCUT2D eigenvalue weighted by Gasteiger charge is 2.36. The van der Waals surface area contributed by atoms with E-state index in [0.717, 1.165) is 45.2 Å². The molecule has 0 radical (unpaired) electrons. The zero-order valence-corrected chi connectivity index (χ0v) is 10.6. The van der Waals surface area contributed by atoms with Crippen LogP contribution in [0.3, 0.4) is 0 Å². The molecule has 0 spiro atoms. The van der Waals surface area contributed by atoms with Crippen molar-refractivity contribution in [1.29, 1.82) is 0 Å². The third-order valence-corrected chi connectivity index (χ3v) is 3.44. The van der Waals surface area contributed by atoms with Crippen LogP contribution in [0.2, 0.25) is 0 Å². The summed E-state index contributed by atoms with van der Waals surface area (Å²) >= 11 is 0. The molecule has 94 valence electrons. The van der Waals surface area contributed by atoms with Gasteiger partial charge in [0.15, 0.2) is 0 Å². The second kappa shape index (κ2) is 6.21. The molecule has 0 aromatic heterocycles. The van der Waals surface area contributed by atoms with Gasteiger partial charge < -0.3 is 16.0 Å². The molecular weight excluding hydrogens is 202 g/mol. The molecule has 1 aliphatic carbocycles. The van der Waals surface area contributed by atoms with Gasteiger partial charge in [0, 0.05) is 13.6 Å². The van der Waals surface area contributed by atoms with E-state index in [2.05, 4.69) is 5.32 Å². The van der Waals surface area contributed by atoms with Crippen LogP contribution in [-0.4, -0.2) is 43.5 Å². The molecule has 0 aromatic carbocycles. The van der Waals surface area contributed by atoms with Crippen molar-refractivity contribution in [3.05, 3.63) is 0 Å². The van der Waals surface area contributed by atoms with Gasteiger partial charge in [-0.1, -0.05) is 19.3 Å². The molecule has 1 rings (SSSR count). The van der Waals surface area contributed by atoms with Gasteiger partial charge >= 0.3 is 0 Å². The van der Waals surface area contributed by atoms with E-state index in [0.29, 0.717) is 0 Å². The normalized spacial score (nSPS) is 19.4. The SMILES string of the molecule is CNCCCN(C)C(=O)C1(N)CCCCC1. The smallest absolute Gasteiger partial charge is 0.242 e. The maximum atomic E-state index is 12.2. The van der Waals surface area contributed by atoms with Gasteiger partial charge in [-0.25, -0.2) is 0 Å². The van der Waals surface area contributed by atoms with Crippen LogP contribution < -0.4 is 11.1 Å². The van der Waals surface area contributed by atoms with Gasteiger partial charge in [-0.05, 0) is 32.9 Å². The van der Waals surface area contributed by atoms with Crippen molar-refractivity contribution in [3.8, 4) is 0 Å². The van der Waals surface area contributed by atoms with Crippen molar-refractivity contribution >= 4 is 5.91 Å². The highest BCUT2D eigenvalue weighted by atomic mass is 16.2. The predicted molar refractivity (Wildman–Crippen MR) is 66.2 cm³/mol. The second-order valence-electron chi connectivity index (χ2n) is 4.90. The van der Waals surface area contributed by atoms with Crippen LogP contribution in [0.4, 0.5) is 0 Å². The molecule has 1 amide bonds. The van der Waals surface area contributed by atoms with Gasteiger partial charge in [0.25, 0.3) is 0 Å². The lowest BCUT2D eigenvalue weighted by Gasteiger charge is -2.35. The molecule has 0 heterocycles. The van der Waals surface area contributed by atoms with E-state index in [1.807, 2.05) is 14.1 Å². The van der Waals surface area contributed by atoms with Crippen molar-refractivity contribution in [2.75, 3.05) is 27.2 Å². The fourth-order valence-corrected chi connectivity index (χ4v) is 2.37. The summed E-state index contributed by atoms with van der Waals surface area (Å²) in [7, 11) is 3.79. The molecule has 4 nitrogen and oxygen atoms in total. The number of carbonyl (C=O) groups excluding carboxylic acids is 1. The average Bonchev–Trinajstić information content (AvgIpc) is 2.29. The van der Waals surface area contributed by atoms with Gasteiger partial charge in [0.2, 0.25) is 5.91 Å². The molecule has 1 fully saturated rings. The summed E-state index contributed by atoms with van der Waals surface area (Å²) in [5.74, 6) is 0.128. The van der Waals surface area contributed by atoms with E-state index in [4.69, 9.17) is 5.73 Å². The van der Waals surface area contributed by atoms with Gasteiger partial charge in [-0.3, -0.25) is 4.79 Å². The molecule has 0 aliphatic heterocycles. The number of rotatable bonds is 5. The predicted octanol–water partition coefficient (Wildman–Crippen LogP) is 0.716. The van der Waals surface area contributed by atoms with E-state index in [1.54, 1.807) is 4.90 Å². The zero-order valence-electron chi connectivity index (χ0n) is 10.6. The minimum Gasteiger partial charge on any atom is -0.344 e. The first-order chi connectivity index (χ1) is 7.60. The lowest BCUT2D eigenvalue weighted by molar-refractivity contribution is -0.136. The minimum atomic E-state index is -0.577. The molecule has 0 saturated heterocycles. The monoisotopic (exact) mass is 227 g/mol. The maximum absolute atomic E-state index is 12.2. The fraction of sp³-hybridized carbons (Fsp3) is 0.917. The Balaban J connectivity index is 2.41. The van der Waals surface area contributed by atoms with Gasteiger partial charge in [-0.15, -0.1) is 0 Å². The topological polar surface area (TPSA) is 58.4 Å². The molecule has 0 atom stereocenters. The lowest BCUT2D eigenvalue weighted by Crippen LogP contribution is -2.55. The van der Waals surface area contributed by atoms with E-state index in [9.17, 15) is 4.79 Å². The first-order valence-electron chi connectivity index (χ1n) is 6.29. The Morgan fingerprint density at radius 2 is 2.00 bits per heavy atom. The van der Waals surface area contributed by atoms with Gasteiger partial charge in [-0.2, -0.15) is 0 Å². The lowest BCUT2D eigenvalue weighted by atomic mass is 9.81. The molecule has 0 unspecified atom stereocenters. The van der Waals surface area contributed by atoms with Crippen molar-refractivity contribution in [2.24, 2.45) is 5.73 Å².